The molecule has 4 heteroatoms. The second-order valence-corrected chi connectivity index (χ2v) is 6.83. The number of fused-ring (bicyclic) bond motifs is 1. The summed E-state index contributed by atoms with van der Waals surface area (Å²) in [5, 5.41) is 7.31. The summed E-state index contributed by atoms with van der Waals surface area (Å²) < 4.78 is 0. The predicted octanol–water partition coefficient (Wildman–Crippen LogP) is 3.90. The quantitative estimate of drug-likeness (QED) is 0.870. The molecule has 114 valence electrons. The summed E-state index contributed by atoms with van der Waals surface area (Å²) in [6.45, 7) is 1.97. The van der Waals surface area contributed by atoms with Gasteiger partial charge < -0.3 is 10.6 Å². The molecule has 2 N–H and O–H groups in total. The summed E-state index contributed by atoms with van der Waals surface area (Å²) >= 11 is 5.95. The van der Waals surface area contributed by atoms with Gasteiger partial charge in [0.2, 0.25) is 5.91 Å². The minimum Gasteiger partial charge on any atom is -0.324 e. The van der Waals surface area contributed by atoms with E-state index < -0.39 is 0 Å². The van der Waals surface area contributed by atoms with Crippen LogP contribution in [-0.2, 0) is 4.79 Å². The molecule has 1 aliphatic heterocycles. The fourth-order valence-electron chi connectivity index (χ4n) is 3.69. The van der Waals surface area contributed by atoms with Crippen LogP contribution in [0.1, 0.15) is 44.1 Å². The Bertz CT molecular complexity index is 532. The van der Waals surface area contributed by atoms with E-state index in [1.807, 2.05) is 25.1 Å². The zero-order chi connectivity index (χ0) is 14.8. The van der Waals surface area contributed by atoms with E-state index in [-0.39, 0.29) is 11.9 Å². The van der Waals surface area contributed by atoms with Crippen molar-refractivity contribution < 1.29 is 4.79 Å². The number of nitrogens with one attached hydrogen (secondary N) is 2. The molecule has 1 saturated carbocycles. The Balaban J connectivity index is 1.63. The molecule has 2 aliphatic rings. The van der Waals surface area contributed by atoms with Gasteiger partial charge in [-0.3, -0.25) is 4.79 Å². The first kappa shape index (κ1) is 14.9. The van der Waals surface area contributed by atoms with Crippen LogP contribution in [0.4, 0.5) is 5.69 Å². The minimum atomic E-state index is -0.0561. The van der Waals surface area contributed by atoms with Crippen LogP contribution in [0.3, 0.4) is 0 Å². The standard InChI is InChI=1S/C17H23ClN2O/c1-11-10-13(18)7-9-14(11)20-17(21)16-8-6-12-4-2-3-5-15(12)19-16/h7,9-10,12,15-16,19H,2-6,8H2,1H3,(H,20,21). The number of hydrogen-bond donors (Lipinski definition) is 2. The number of aryl methyl sites for hydroxylation is 1. The second kappa shape index (κ2) is 6.37. The maximum Gasteiger partial charge on any atom is 0.241 e. The summed E-state index contributed by atoms with van der Waals surface area (Å²) in [5.41, 5.74) is 1.86. The van der Waals surface area contributed by atoms with E-state index in [4.69, 9.17) is 11.6 Å². The van der Waals surface area contributed by atoms with Crippen LogP contribution in [0, 0.1) is 12.8 Å². The van der Waals surface area contributed by atoms with Crippen LogP contribution in [0.15, 0.2) is 18.2 Å². The minimum absolute atomic E-state index is 0.0561. The van der Waals surface area contributed by atoms with Crippen molar-refractivity contribution in [3.05, 3.63) is 28.8 Å². The van der Waals surface area contributed by atoms with Crippen LogP contribution < -0.4 is 10.6 Å². The molecule has 21 heavy (non-hydrogen) atoms. The van der Waals surface area contributed by atoms with Crippen molar-refractivity contribution in [1.29, 1.82) is 0 Å². The molecule has 1 heterocycles. The van der Waals surface area contributed by atoms with Crippen LogP contribution in [0.25, 0.3) is 0 Å². The molecule has 3 atom stereocenters. The molecule has 1 aromatic rings. The number of rotatable bonds is 2. The summed E-state index contributed by atoms with van der Waals surface area (Å²) in [5.74, 6) is 0.865. The monoisotopic (exact) mass is 306 g/mol. The van der Waals surface area contributed by atoms with Crippen molar-refractivity contribution in [3.63, 3.8) is 0 Å². The summed E-state index contributed by atoms with van der Waals surface area (Å²) in [7, 11) is 0. The van der Waals surface area contributed by atoms with Gasteiger partial charge >= 0.3 is 0 Å². The van der Waals surface area contributed by atoms with Gasteiger partial charge in [0.15, 0.2) is 0 Å². The lowest BCUT2D eigenvalue weighted by atomic mass is 9.77. The summed E-state index contributed by atoms with van der Waals surface area (Å²) in [6.07, 6.45) is 7.30. The van der Waals surface area contributed by atoms with Crippen molar-refractivity contribution >= 4 is 23.2 Å². The molecule has 2 fully saturated rings. The number of piperidine rings is 1. The van der Waals surface area contributed by atoms with Crippen molar-refractivity contribution in [2.75, 3.05) is 5.32 Å². The molecule has 1 aliphatic carbocycles. The highest BCUT2D eigenvalue weighted by atomic mass is 35.5. The van der Waals surface area contributed by atoms with Gasteiger partial charge in [0, 0.05) is 16.8 Å². The van der Waals surface area contributed by atoms with Gasteiger partial charge in [-0.05, 0) is 62.3 Å². The van der Waals surface area contributed by atoms with Gasteiger partial charge in [-0.25, -0.2) is 0 Å². The number of anilines is 1. The molecule has 3 nitrogen and oxygen atoms in total. The third-order valence-corrected chi connectivity index (χ3v) is 5.15. The molecule has 0 radical (unpaired) electrons. The smallest absolute Gasteiger partial charge is 0.241 e. The summed E-state index contributed by atoms with van der Waals surface area (Å²) in [4.78, 5) is 12.5. The number of amides is 1. The van der Waals surface area contributed by atoms with E-state index in [0.717, 1.165) is 23.6 Å². The third-order valence-electron chi connectivity index (χ3n) is 4.91. The molecule has 1 saturated heterocycles. The first-order valence-electron chi connectivity index (χ1n) is 7.96. The molecular weight excluding hydrogens is 284 g/mol. The van der Waals surface area contributed by atoms with E-state index in [0.29, 0.717) is 11.1 Å². The lowest BCUT2D eigenvalue weighted by Gasteiger charge is -2.39. The molecule has 0 spiro atoms. The number of halogens is 1. The second-order valence-electron chi connectivity index (χ2n) is 6.40. The van der Waals surface area contributed by atoms with E-state index in [1.165, 1.54) is 32.1 Å². The summed E-state index contributed by atoms with van der Waals surface area (Å²) in [6, 6.07) is 6.05. The Morgan fingerprint density at radius 3 is 2.86 bits per heavy atom. The largest absolute Gasteiger partial charge is 0.324 e. The van der Waals surface area contributed by atoms with Gasteiger partial charge in [-0.15, -0.1) is 0 Å². The van der Waals surface area contributed by atoms with E-state index in [9.17, 15) is 4.79 Å². The average molecular weight is 307 g/mol. The van der Waals surface area contributed by atoms with Crippen molar-refractivity contribution in [1.82, 2.24) is 5.32 Å². The Hall–Kier alpha value is -1.06. The van der Waals surface area contributed by atoms with Crippen molar-refractivity contribution in [2.24, 2.45) is 5.92 Å². The topological polar surface area (TPSA) is 41.1 Å². The lowest BCUT2D eigenvalue weighted by Crippen LogP contribution is -2.53. The number of benzene rings is 1. The number of carbonyl (C=O) groups excluding carboxylic acids is 1. The zero-order valence-corrected chi connectivity index (χ0v) is 13.2. The Morgan fingerprint density at radius 2 is 2.05 bits per heavy atom. The fraction of sp³-hybridized carbons (Fsp3) is 0.588. The predicted molar refractivity (Wildman–Crippen MR) is 86.7 cm³/mol. The van der Waals surface area contributed by atoms with Gasteiger partial charge in [0.25, 0.3) is 0 Å². The fourth-order valence-corrected chi connectivity index (χ4v) is 3.92. The maximum absolute atomic E-state index is 12.5. The van der Waals surface area contributed by atoms with E-state index >= 15 is 0 Å². The Morgan fingerprint density at radius 1 is 1.24 bits per heavy atom. The van der Waals surface area contributed by atoms with E-state index in [1.54, 1.807) is 0 Å². The number of hydrogen-bond acceptors (Lipinski definition) is 2. The lowest BCUT2D eigenvalue weighted by molar-refractivity contribution is -0.119. The van der Waals surface area contributed by atoms with Crippen molar-refractivity contribution in [2.45, 2.75) is 57.5 Å². The molecule has 3 rings (SSSR count). The first-order valence-corrected chi connectivity index (χ1v) is 8.34. The van der Waals surface area contributed by atoms with Crippen LogP contribution in [0.5, 0.6) is 0 Å². The Kier molecular flexibility index (Phi) is 4.51. The van der Waals surface area contributed by atoms with Crippen molar-refractivity contribution in [3.8, 4) is 0 Å². The Labute approximate surface area is 131 Å². The molecule has 0 bridgehead atoms. The third kappa shape index (κ3) is 3.41. The first-order chi connectivity index (χ1) is 10.1. The van der Waals surface area contributed by atoms with Crippen LogP contribution in [-0.4, -0.2) is 18.0 Å². The molecule has 3 unspecified atom stereocenters. The molecular formula is C17H23ClN2O. The number of carbonyl (C=O) groups is 1. The van der Waals surface area contributed by atoms with Gasteiger partial charge in [0.1, 0.15) is 0 Å². The SMILES string of the molecule is Cc1cc(Cl)ccc1NC(=O)C1CCC2CCCCC2N1. The highest BCUT2D eigenvalue weighted by molar-refractivity contribution is 6.30. The van der Waals surface area contributed by atoms with Gasteiger partial charge in [0.05, 0.1) is 6.04 Å². The highest BCUT2D eigenvalue weighted by Crippen LogP contribution is 2.32. The average Bonchev–Trinajstić information content (AvgIpc) is 2.49. The molecule has 1 amide bonds. The zero-order valence-electron chi connectivity index (χ0n) is 12.5. The maximum atomic E-state index is 12.5. The van der Waals surface area contributed by atoms with Gasteiger partial charge in [-0.2, -0.15) is 0 Å². The van der Waals surface area contributed by atoms with Crippen LogP contribution >= 0.6 is 11.6 Å². The normalized spacial score (nSPS) is 28.8. The molecule has 0 aromatic heterocycles. The van der Waals surface area contributed by atoms with Crippen LogP contribution in [0.2, 0.25) is 5.02 Å². The van der Waals surface area contributed by atoms with E-state index in [2.05, 4.69) is 10.6 Å². The highest BCUT2D eigenvalue weighted by Gasteiger charge is 2.34. The molecule has 1 aromatic carbocycles. The van der Waals surface area contributed by atoms with Gasteiger partial charge in [-0.1, -0.05) is 24.4 Å².